The van der Waals surface area contributed by atoms with Crippen molar-refractivity contribution in [2.24, 2.45) is 0 Å². The fourth-order valence-electron chi connectivity index (χ4n) is 0.731. The van der Waals surface area contributed by atoms with Gasteiger partial charge in [-0.2, -0.15) is 8.42 Å². The molecule has 1 aromatic rings. The van der Waals surface area contributed by atoms with Crippen LogP contribution in [0.3, 0.4) is 0 Å². The summed E-state index contributed by atoms with van der Waals surface area (Å²) in [6.07, 6.45) is 2.75. The average molecular weight is 250 g/mol. The van der Waals surface area contributed by atoms with Gasteiger partial charge in [-0.25, -0.2) is 0 Å². The van der Waals surface area contributed by atoms with Crippen molar-refractivity contribution in [3.05, 3.63) is 29.8 Å². The summed E-state index contributed by atoms with van der Waals surface area (Å²) in [4.78, 5) is 1.23. The lowest BCUT2D eigenvalue weighted by atomic mass is 10.2. The minimum Gasteiger partial charge on any atom is -0.392 e. The van der Waals surface area contributed by atoms with Gasteiger partial charge in [0.2, 0.25) is 0 Å². The highest BCUT2D eigenvalue weighted by Crippen LogP contribution is 2.14. The van der Waals surface area contributed by atoms with Gasteiger partial charge in [-0.1, -0.05) is 12.1 Å². The highest BCUT2D eigenvalue weighted by Gasteiger charge is 1.89. The van der Waals surface area contributed by atoms with Crippen LogP contribution >= 0.6 is 11.8 Å². The van der Waals surface area contributed by atoms with Crippen LogP contribution in [0.4, 0.5) is 0 Å². The maximum absolute atomic E-state index is 9.19. The minimum absolute atomic E-state index is 0.134. The van der Waals surface area contributed by atoms with Gasteiger partial charge in [0.25, 0.3) is 10.1 Å². The highest BCUT2D eigenvalue weighted by atomic mass is 32.2. The summed E-state index contributed by atoms with van der Waals surface area (Å²) < 4.78 is 25.9. The summed E-state index contributed by atoms with van der Waals surface area (Å²) in [7, 11) is -3.67. The highest BCUT2D eigenvalue weighted by molar-refractivity contribution is 7.98. The van der Waals surface area contributed by atoms with Gasteiger partial charge in [-0.3, -0.25) is 4.55 Å². The predicted molar refractivity (Wildman–Crippen MR) is 61.6 cm³/mol. The van der Waals surface area contributed by atoms with E-state index < -0.39 is 10.1 Å². The molecule has 0 unspecified atom stereocenters. The summed E-state index contributed by atoms with van der Waals surface area (Å²) in [6, 6.07) is 7.89. The van der Waals surface area contributed by atoms with Crippen LogP contribution in [0.2, 0.25) is 0 Å². The Morgan fingerprint density at radius 1 is 1.27 bits per heavy atom. The van der Waals surface area contributed by atoms with Crippen LogP contribution in [0.1, 0.15) is 5.56 Å². The SMILES string of the molecule is CS(=O)(=O)O.CSc1ccc(CO)cc1. The van der Waals surface area contributed by atoms with Crippen LogP contribution in [-0.2, 0) is 16.7 Å². The van der Waals surface area contributed by atoms with Gasteiger partial charge >= 0.3 is 0 Å². The maximum atomic E-state index is 9.19. The van der Waals surface area contributed by atoms with E-state index in [1.165, 1.54) is 4.90 Å². The third-order valence-corrected chi connectivity index (χ3v) is 2.09. The molecule has 1 aromatic carbocycles. The smallest absolute Gasteiger partial charge is 0.261 e. The topological polar surface area (TPSA) is 74.6 Å². The summed E-state index contributed by atoms with van der Waals surface area (Å²) in [5.41, 5.74) is 0.970. The van der Waals surface area contributed by atoms with Crippen LogP contribution < -0.4 is 0 Å². The number of hydrogen-bond acceptors (Lipinski definition) is 4. The molecule has 0 amide bonds. The van der Waals surface area contributed by atoms with Gasteiger partial charge in [0.05, 0.1) is 12.9 Å². The Bertz CT molecular complexity index is 339. The molecular weight excluding hydrogens is 236 g/mol. The van der Waals surface area contributed by atoms with Crippen molar-refractivity contribution < 1.29 is 18.1 Å². The number of rotatable bonds is 2. The molecule has 1 rings (SSSR count). The van der Waals surface area contributed by atoms with Crippen LogP contribution in [0.5, 0.6) is 0 Å². The van der Waals surface area contributed by atoms with E-state index in [0.717, 1.165) is 5.56 Å². The molecule has 0 aliphatic carbocycles. The molecule has 86 valence electrons. The summed E-state index contributed by atoms with van der Waals surface area (Å²) in [5, 5.41) is 8.69. The van der Waals surface area contributed by atoms with E-state index in [1.807, 2.05) is 30.5 Å². The van der Waals surface area contributed by atoms with Crippen molar-refractivity contribution in [2.45, 2.75) is 11.5 Å². The monoisotopic (exact) mass is 250 g/mol. The first-order valence-electron chi connectivity index (χ1n) is 4.03. The second-order valence-electron chi connectivity index (χ2n) is 2.74. The van der Waals surface area contributed by atoms with Gasteiger partial charge in [0, 0.05) is 4.90 Å². The molecule has 15 heavy (non-hydrogen) atoms. The Labute approximate surface area is 94.1 Å². The number of hydrogen-bond donors (Lipinski definition) is 2. The number of thioether (sulfide) groups is 1. The lowest BCUT2D eigenvalue weighted by Gasteiger charge is -1.96. The fraction of sp³-hybridized carbons (Fsp3) is 0.333. The maximum Gasteiger partial charge on any atom is 0.261 e. The first kappa shape index (κ1) is 14.4. The summed E-state index contributed by atoms with van der Waals surface area (Å²) >= 11 is 1.71. The van der Waals surface area contributed by atoms with E-state index in [4.69, 9.17) is 9.66 Å². The van der Waals surface area contributed by atoms with Crippen LogP contribution in [0.25, 0.3) is 0 Å². The average Bonchev–Trinajstić information content (AvgIpc) is 2.15. The van der Waals surface area contributed by atoms with Crippen molar-refractivity contribution >= 4 is 21.9 Å². The van der Waals surface area contributed by atoms with Gasteiger partial charge in [-0.05, 0) is 24.0 Å². The quantitative estimate of drug-likeness (QED) is 0.613. The minimum atomic E-state index is -3.67. The second-order valence-corrected chi connectivity index (χ2v) is 5.08. The third kappa shape index (κ3) is 9.74. The van der Waals surface area contributed by atoms with Gasteiger partial charge in [0.1, 0.15) is 0 Å². The Hall–Kier alpha value is -0.560. The number of aliphatic hydroxyl groups excluding tert-OH is 1. The van der Waals surface area contributed by atoms with E-state index >= 15 is 0 Å². The third-order valence-electron chi connectivity index (χ3n) is 1.34. The predicted octanol–water partition coefficient (Wildman–Crippen LogP) is 1.40. The van der Waals surface area contributed by atoms with Crippen LogP contribution in [-0.4, -0.2) is 30.6 Å². The molecule has 0 atom stereocenters. The molecule has 0 heterocycles. The van der Waals surface area contributed by atoms with E-state index in [2.05, 4.69) is 0 Å². The molecule has 0 spiro atoms. The zero-order valence-corrected chi connectivity index (χ0v) is 10.2. The molecule has 0 bridgehead atoms. The van der Waals surface area contributed by atoms with Crippen molar-refractivity contribution in [1.29, 1.82) is 0 Å². The molecule has 4 nitrogen and oxygen atoms in total. The van der Waals surface area contributed by atoms with Crippen LogP contribution in [0, 0.1) is 0 Å². The summed E-state index contributed by atoms with van der Waals surface area (Å²) in [6.45, 7) is 0.134. The zero-order chi connectivity index (χ0) is 11.9. The van der Waals surface area contributed by atoms with Gasteiger partial charge in [0.15, 0.2) is 0 Å². The number of aliphatic hydroxyl groups is 1. The Kier molecular flexibility index (Phi) is 6.58. The Morgan fingerprint density at radius 3 is 1.93 bits per heavy atom. The lowest BCUT2D eigenvalue weighted by molar-refractivity contribution is 0.282. The van der Waals surface area contributed by atoms with E-state index in [0.29, 0.717) is 6.26 Å². The van der Waals surface area contributed by atoms with Crippen molar-refractivity contribution in [1.82, 2.24) is 0 Å². The van der Waals surface area contributed by atoms with Crippen molar-refractivity contribution in [3.63, 3.8) is 0 Å². The second kappa shape index (κ2) is 6.84. The molecule has 6 heteroatoms. The first-order valence-corrected chi connectivity index (χ1v) is 7.10. The molecule has 0 saturated carbocycles. The molecule has 0 aromatic heterocycles. The van der Waals surface area contributed by atoms with E-state index in [1.54, 1.807) is 11.8 Å². The molecule has 0 saturated heterocycles. The van der Waals surface area contributed by atoms with Crippen LogP contribution in [0.15, 0.2) is 29.2 Å². The number of benzene rings is 1. The normalized spacial score (nSPS) is 10.4. The first-order chi connectivity index (χ1) is 6.86. The molecule has 2 N–H and O–H groups in total. The fourth-order valence-corrected chi connectivity index (χ4v) is 1.14. The summed E-state index contributed by atoms with van der Waals surface area (Å²) in [5.74, 6) is 0. The molecule has 0 fully saturated rings. The van der Waals surface area contributed by atoms with Crippen molar-refractivity contribution in [3.8, 4) is 0 Å². The molecule has 0 aliphatic rings. The van der Waals surface area contributed by atoms with Gasteiger partial charge in [-0.15, -0.1) is 11.8 Å². The Morgan fingerprint density at radius 2 is 1.67 bits per heavy atom. The molecule has 0 aliphatic heterocycles. The standard InChI is InChI=1S/C8H10OS.CH4O3S/c1-10-8-4-2-7(6-9)3-5-8;1-5(2,3)4/h2-5,9H,6H2,1H3;1H3,(H,2,3,4). The Balaban J connectivity index is 0.000000336. The van der Waals surface area contributed by atoms with E-state index in [9.17, 15) is 8.42 Å². The lowest BCUT2D eigenvalue weighted by Crippen LogP contribution is -1.88. The molecule has 0 radical (unpaired) electrons. The largest absolute Gasteiger partial charge is 0.392 e. The van der Waals surface area contributed by atoms with Gasteiger partial charge < -0.3 is 5.11 Å². The van der Waals surface area contributed by atoms with E-state index in [-0.39, 0.29) is 6.61 Å². The zero-order valence-electron chi connectivity index (χ0n) is 8.54. The molecular formula is C9H14O4S2. The van der Waals surface area contributed by atoms with Crippen molar-refractivity contribution in [2.75, 3.05) is 12.5 Å².